The van der Waals surface area contributed by atoms with Crippen LogP contribution in [0.15, 0.2) is 16.5 Å². The standard InChI is InChI=1S/C13H11Cl3F3N2O/c1-5(2)21-10(11(20)22-12(21)13(17,18)19)6-3-7(14)9(16)8(15)4-6/h3-5H,20H2,1-2H3/q+1. The lowest BCUT2D eigenvalue weighted by molar-refractivity contribution is -0.727. The maximum atomic E-state index is 13.1. The van der Waals surface area contributed by atoms with Gasteiger partial charge in [0.1, 0.15) is 0 Å². The molecule has 0 saturated carbocycles. The van der Waals surface area contributed by atoms with E-state index in [1.807, 2.05) is 0 Å². The number of nitrogens with zero attached hydrogens (tertiary/aromatic N) is 1. The van der Waals surface area contributed by atoms with Gasteiger partial charge in [-0.3, -0.25) is 0 Å². The van der Waals surface area contributed by atoms with Gasteiger partial charge in [-0.2, -0.15) is 13.2 Å². The van der Waals surface area contributed by atoms with Gasteiger partial charge in [0.15, 0.2) is 6.04 Å². The molecule has 9 heteroatoms. The molecule has 2 rings (SSSR count). The average molecular weight is 375 g/mol. The molecule has 2 N–H and O–H groups in total. The number of oxazole rings is 1. The number of halogens is 6. The summed E-state index contributed by atoms with van der Waals surface area (Å²) < 4.78 is 45.0. The lowest BCUT2D eigenvalue weighted by Crippen LogP contribution is -2.43. The summed E-state index contributed by atoms with van der Waals surface area (Å²) in [7, 11) is 0. The first-order valence-electron chi connectivity index (χ1n) is 6.10. The molecule has 22 heavy (non-hydrogen) atoms. The highest BCUT2D eigenvalue weighted by atomic mass is 35.5. The van der Waals surface area contributed by atoms with Gasteiger partial charge >= 0.3 is 12.1 Å². The molecule has 0 atom stereocenters. The molecule has 1 aromatic heterocycles. The van der Waals surface area contributed by atoms with E-state index < -0.39 is 18.1 Å². The summed E-state index contributed by atoms with van der Waals surface area (Å²) in [6, 6.07) is 2.22. The van der Waals surface area contributed by atoms with E-state index in [0.29, 0.717) is 0 Å². The summed E-state index contributed by atoms with van der Waals surface area (Å²) in [6.07, 6.45) is -4.68. The van der Waals surface area contributed by atoms with Gasteiger partial charge in [0, 0.05) is 0 Å². The van der Waals surface area contributed by atoms with Gasteiger partial charge in [0.2, 0.25) is 0 Å². The molecule has 0 bridgehead atoms. The van der Waals surface area contributed by atoms with Gasteiger partial charge in [-0.1, -0.05) is 34.8 Å². The van der Waals surface area contributed by atoms with Crippen molar-refractivity contribution < 1.29 is 22.2 Å². The first-order chi connectivity index (χ1) is 10.0. The van der Waals surface area contributed by atoms with Crippen LogP contribution in [0.2, 0.25) is 15.1 Å². The van der Waals surface area contributed by atoms with Crippen molar-refractivity contribution in [3.8, 4) is 11.3 Å². The third-order valence-corrected chi connectivity index (χ3v) is 4.11. The van der Waals surface area contributed by atoms with E-state index in [1.54, 1.807) is 13.8 Å². The van der Waals surface area contributed by atoms with Crippen LogP contribution in [0.4, 0.5) is 19.1 Å². The number of anilines is 1. The summed E-state index contributed by atoms with van der Waals surface area (Å²) in [6.45, 7) is 3.15. The largest absolute Gasteiger partial charge is 0.517 e. The van der Waals surface area contributed by atoms with Crippen molar-refractivity contribution in [2.75, 3.05) is 5.73 Å². The van der Waals surface area contributed by atoms with E-state index in [9.17, 15) is 13.2 Å². The van der Waals surface area contributed by atoms with Crippen LogP contribution in [0.25, 0.3) is 11.3 Å². The molecule has 1 aromatic carbocycles. The molecule has 0 radical (unpaired) electrons. The van der Waals surface area contributed by atoms with Crippen LogP contribution >= 0.6 is 34.8 Å². The zero-order valence-corrected chi connectivity index (χ0v) is 13.7. The molecular formula is C13H11Cl3F3N2O+. The van der Waals surface area contributed by atoms with Crippen LogP contribution in [0.1, 0.15) is 25.8 Å². The molecule has 2 aromatic rings. The van der Waals surface area contributed by atoms with E-state index >= 15 is 0 Å². The Morgan fingerprint density at radius 1 is 1.14 bits per heavy atom. The van der Waals surface area contributed by atoms with Crippen molar-refractivity contribution in [1.29, 1.82) is 0 Å². The van der Waals surface area contributed by atoms with Gasteiger partial charge in [-0.15, -0.1) is 4.57 Å². The summed E-state index contributed by atoms with van der Waals surface area (Å²) in [5.41, 5.74) is 5.97. The Balaban J connectivity index is 2.79. The molecule has 1 heterocycles. The summed E-state index contributed by atoms with van der Waals surface area (Å²) in [4.78, 5) is 0. The lowest BCUT2D eigenvalue weighted by Gasteiger charge is -2.07. The minimum Gasteiger partial charge on any atom is -0.378 e. The molecule has 0 unspecified atom stereocenters. The number of aromatic nitrogens is 1. The van der Waals surface area contributed by atoms with Crippen molar-refractivity contribution in [3.63, 3.8) is 0 Å². The van der Waals surface area contributed by atoms with Crippen LogP contribution in [0.5, 0.6) is 0 Å². The predicted molar refractivity (Wildman–Crippen MR) is 79.2 cm³/mol. The molecule has 0 aliphatic heterocycles. The lowest BCUT2D eigenvalue weighted by atomic mass is 10.1. The Hall–Kier alpha value is -1.11. The van der Waals surface area contributed by atoms with E-state index in [4.69, 9.17) is 45.0 Å². The molecule has 0 fully saturated rings. The SMILES string of the molecule is CC(C)[n+]1c(C(F)(F)F)oc(N)c1-c1cc(Cl)c(Cl)c(Cl)c1. The quantitative estimate of drug-likeness (QED) is 0.567. The zero-order valence-electron chi connectivity index (χ0n) is 11.4. The number of rotatable bonds is 2. The van der Waals surface area contributed by atoms with Crippen LogP contribution in [-0.2, 0) is 6.18 Å². The summed E-state index contributed by atoms with van der Waals surface area (Å²) >= 11 is 17.7. The Labute approximate surface area is 139 Å². The third-order valence-electron chi connectivity index (χ3n) is 2.92. The van der Waals surface area contributed by atoms with Gasteiger partial charge in [-0.25, -0.2) is 0 Å². The number of nitrogen functional groups attached to an aromatic ring is 1. The molecule has 0 saturated heterocycles. The van der Waals surface area contributed by atoms with E-state index in [2.05, 4.69) is 0 Å². The van der Waals surface area contributed by atoms with Crippen LogP contribution in [-0.4, -0.2) is 0 Å². The van der Waals surface area contributed by atoms with Crippen molar-refractivity contribution in [2.45, 2.75) is 26.1 Å². The molecule has 3 nitrogen and oxygen atoms in total. The first-order valence-corrected chi connectivity index (χ1v) is 7.23. The highest BCUT2D eigenvalue weighted by molar-refractivity contribution is 6.48. The van der Waals surface area contributed by atoms with Gasteiger partial charge in [0.25, 0.3) is 11.6 Å². The van der Waals surface area contributed by atoms with E-state index in [-0.39, 0.29) is 32.2 Å². The Kier molecular flexibility index (Phi) is 4.57. The smallest absolute Gasteiger partial charge is 0.378 e. The fourth-order valence-electron chi connectivity index (χ4n) is 2.08. The average Bonchev–Trinajstić information content (AvgIpc) is 2.73. The number of hydrogen-bond acceptors (Lipinski definition) is 2. The normalized spacial score (nSPS) is 12.2. The highest BCUT2D eigenvalue weighted by Crippen LogP contribution is 2.39. The molecule has 120 valence electrons. The highest BCUT2D eigenvalue weighted by Gasteiger charge is 2.50. The monoisotopic (exact) mass is 373 g/mol. The van der Waals surface area contributed by atoms with E-state index in [0.717, 1.165) is 4.57 Å². The molecule has 0 amide bonds. The fourth-order valence-corrected chi connectivity index (χ4v) is 2.68. The van der Waals surface area contributed by atoms with Crippen molar-refractivity contribution in [2.24, 2.45) is 0 Å². The van der Waals surface area contributed by atoms with Gasteiger partial charge < -0.3 is 10.2 Å². The molecule has 0 aliphatic rings. The molecular weight excluding hydrogens is 364 g/mol. The van der Waals surface area contributed by atoms with Crippen LogP contribution in [0, 0.1) is 0 Å². The second-order valence-electron chi connectivity index (χ2n) is 4.84. The van der Waals surface area contributed by atoms with Gasteiger partial charge in [-0.05, 0) is 26.0 Å². The first kappa shape index (κ1) is 17.2. The minimum atomic E-state index is -4.68. The minimum absolute atomic E-state index is 0.0443. The topological polar surface area (TPSA) is 43.0 Å². The van der Waals surface area contributed by atoms with Crippen molar-refractivity contribution in [1.82, 2.24) is 0 Å². The molecule has 0 spiro atoms. The van der Waals surface area contributed by atoms with Crippen LogP contribution < -0.4 is 10.3 Å². The maximum absolute atomic E-state index is 13.1. The second-order valence-corrected chi connectivity index (χ2v) is 6.03. The van der Waals surface area contributed by atoms with Crippen molar-refractivity contribution >= 4 is 40.7 Å². The predicted octanol–water partition coefficient (Wildman–Crippen LogP) is 5.38. The number of nitrogens with two attached hydrogens (primary N) is 1. The fraction of sp³-hybridized carbons (Fsp3) is 0.308. The maximum Gasteiger partial charge on any atom is 0.517 e. The molecule has 0 aliphatic carbocycles. The Morgan fingerprint density at radius 2 is 1.64 bits per heavy atom. The Bertz CT molecular complexity index is 703. The summed E-state index contributed by atoms with van der Waals surface area (Å²) in [5, 5.41) is 0.323. The van der Waals surface area contributed by atoms with Gasteiger partial charge in [0.05, 0.1) is 20.6 Å². The number of hydrogen-bond donors (Lipinski definition) is 1. The van der Waals surface area contributed by atoms with Crippen LogP contribution in [0.3, 0.4) is 0 Å². The zero-order chi connectivity index (χ0) is 16.8. The third kappa shape index (κ3) is 3.00. The number of alkyl halides is 3. The Morgan fingerprint density at radius 3 is 2.05 bits per heavy atom. The van der Waals surface area contributed by atoms with Crippen molar-refractivity contribution in [3.05, 3.63) is 33.1 Å². The second kappa shape index (κ2) is 5.83. The number of benzene rings is 1. The summed E-state index contributed by atoms with van der Waals surface area (Å²) in [5.74, 6) is -1.58. The van der Waals surface area contributed by atoms with E-state index in [1.165, 1.54) is 12.1 Å².